The molecule has 1 unspecified atom stereocenters. The lowest BCUT2D eigenvalue weighted by Gasteiger charge is -2.20. The molecule has 1 aliphatic rings. The Labute approximate surface area is 179 Å². The number of carbonyl (C=O) groups excluding carboxylic acids is 1. The molecule has 1 aliphatic heterocycles. The van der Waals surface area contributed by atoms with Gasteiger partial charge in [0, 0.05) is 19.5 Å². The van der Waals surface area contributed by atoms with Gasteiger partial charge in [0.05, 0.1) is 11.9 Å². The van der Waals surface area contributed by atoms with Crippen molar-refractivity contribution in [2.75, 3.05) is 23.7 Å². The highest BCUT2D eigenvalue weighted by atomic mass is 32.2. The molecule has 0 saturated carbocycles. The number of hydrogen-bond donors (Lipinski definition) is 1. The normalized spacial score (nSPS) is 16.5. The highest BCUT2D eigenvalue weighted by molar-refractivity contribution is 7.92. The van der Waals surface area contributed by atoms with E-state index in [2.05, 4.69) is 43.4 Å². The average Bonchev–Trinajstić information content (AvgIpc) is 2.91. The van der Waals surface area contributed by atoms with E-state index in [4.69, 9.17) is 4.74 Å². The Morgan fingerprint density at radius 1 is 1.17 bits per heavy atom. The second-order valence-electron chi connectivity index (χ2n) is 7.99. The number of anilines is 1. The van der Waals surface area contributed by atoms with Crippen LogP contribution in [-0.4, -0.2) is 39.8 Å². The van der Waals surface area contributed by atoms with Crippen molar-refractivity contribution in [2.45, 2.75) is 45.1 Å². The summed E-state index contributed by atoms with van der Waals surface area (Å²) in [6, 6.07) is 15.5. The van der Waals surface area contributed by atoms with Gasteiger partial charge in [-0.1, -0.05) is 50.2 Å². The van der Waals surface area contributed by atoms with E-state index in [1.54, 1.807) is 24.3 Å². The molecule has 1 atom stereocenters. The molecule has 0 spiro atoms. The molecule has 162 valence electrons. The van der Waals surface area contributed by atoms with E-state index in [1.807, 2.05) is 0 Å². The smallest absolute Gasteiger partial charge is 0.261 e. The average molecular weight is 431 g/mol. The lowest BCUT2D eigenvalue weighted by Crippen LogP contribution is -2.40. The van der Waals surface area contributed by atoms with Crippen LogP contribution in [0.15, 0.2) is 48.5 Å². The molecule has 7 heteroatoms. The van der Waals surface area contributed by atoms with Crippen molar-refractivity contribution in [3.8, 4) is 5.75 Å². The second kappa shape index (κ2) is 9.51. The maximum Gasteiger partial charge on any atom is 0.261 e. The van der Waals surface area contributed by atoms with Crippen molar-refractivity contribution in [3.63, 3.8) is 0 Å². The first kappa shape index (κ1) is 22.2. The lowest BCUT2D eigenvalue weighted by molar-refractivity contribution is -0.128. The number of sulfonamides is 1. The van der Waals surface area contributed by atoms with Crippen LogP contribution in [0, 0.1) is 0 Å². The van der Waals surface area contributed by atoms with Crippen LogP contribution in [-0.2, 0) is 21.2 Å². The first-order chi connectivity index (χ1) is 14.3. The number of nitrogens with one attached hydrogen (secondary N) is 1. The van der Waals surface area contributed by atoms with E-state index in [-0.39, 0.29) is 12.5 Å². The van der Waals surface area contributed by atoms with Crippen molar-refractivity contribution in [2.24, 2.45) is 0 Å². The Kier molecular flexibility index (Phi) is 7.02. The van der Waals surface area contributed by atoms with Gasteiger partial charge in [0.1, 0.15) is 5.75 Å². The zero-order valence-corrected chi connectivity index (χ0v) is 18.6. The molecular weight excluding hydrogens is 400 g/mol. The largest absolute Gasteiger partial charge is 0.478 e. The van der Waals surface area contributed by atoms with Crippen LogP contribution in [0.2, 0.25) is 0 Å². The number of rotatable bonds is 7. The molecule has 1 N–H and O–H groups in total. The van der Waals surface area contributed by atoms with Crippen LogP contribution in [0.1, 0.15) is 43.7 Å². The first-order valence-electron chi connectivity index (χ1n) is 10.4. The molecule has 0 aliphatic carbocycles. The van der Waals surface area contributed by atoms with Crippen LogP contribution in [0.25, 0.3) is 0 Å². The number of ether oxygens (including phenoxy) is 1. The van der Waals surface area contributed by atoms with Gasteiger partial charge in [0.15, 0.2) is 6.10 Å². The highest BCUT2D eigenvalue weighted by Crippen LogP contribution is 2.33. The van der Waals surface area contributed by atoms with Gasteiger partial charge < -0.3 is 10.1 Å². The molecule has 0 radical (unpaired) electrons. The van der Waals surface area contributed by atoms with Crippen molar-refractivity contribution < 1.29 is 17.9 Å². The van der Waals surface area contributed by atoms with Gasteiger partial charge >= 0.3 is 0 Å². The lowest BCUT2D eigenvalue weighted by atomic mass is 10.0. The quantitative estimate of drug-likeness (QED) is 0.683. The molecule has 2 aromatic carbocycles. The Bertz CT molecular complexity index is 971. The maximum atomic E-state index is 12.6. The number of aryl methyl sites for hydroxylation is 1. The molecule has 30 heavy (non-hydrogen) atoms. The third-order valence-electron chi connectivity index (χ3n) is 5.28. The van der Waals surface area contributed by atoms with Crippen LogP contribution in [0.4, 0.5) is 5.69 Å². The minimum Gasteiger partial charge on any atom is -0.478 e. The topological polar surface area (TPSA) is 75.7 Å². The van der Waals surface area contributed by atoms with Crippen molar-refractivity contribution in [1.82, 2.24) is 5.32 Å². The zero-order valence-electron chi connectivity index (χ0n) is 17.8. The molecule has 6 nitrogen and oxygen atoms in total. The summed E-state index contributed by atoms with van der Waals surface area (Å²) in [5, 5.41) is 2.93. The molecule has 0 bridgehead atoms. The van der Waals surface area contributed by atoms with Crippen LogP contribution in [0.5, 0.6) is 5.75 Å². The molecule has 0 aromatic heterocycles. The van der Waals surface area contributed by atoms with E-state index < -0.39 is 16.1 Å². The summed E-state index contributed by atoms with van der Waals surface area (Å²) in [4.78, 5) is 12.6. The molecule has 1 heterocycles. The van der Waals surface area contributed by atoms with Gasteiger partial charge in [-0.05, 0) is 42.0 Å². The minimum atomic E-state index is -3.45. The van der Waals surface area contributed by atoms with E-state index in [9.17, 15) is 13.2 Å². The van der Waals surface area contributed by atoms with Crippen LogP contribution in [0.3, 0.4) is 0 Å². The van der Waals surface area contributed by atoms with Gasteiger partial charge in [-0.15, -0.1) is 0 Å². The number of hydrogen-bond acceptors (Lipinski definition) is 4. The summed E-state index contributed by atoms with van der Waals surface area (Å²) in [5.41, 5.74) is 3.04. The number of amides is 1. The SMILES string of the molecule is CC(C)c1ccc(CCCNC(=O)C2CCN(S(C)(=O)=O)c3ccccc3O2)cc1. The number of nitrogens with zero attached hydrogens (tertiary/aromatic N) is 1. The third kappa shape index (κ3) is 5.53. The second-order valence-corrected chi connectivity index (χ2v) is 9.90. The molecule has 1 amide bonds. The fourth-order valence-corrected chi connectivity index (χ4v) is 4.49. The molecule has 2 aromatic rings. The summed E-state index contributed by atoms with van der Waals surface area (Å²) in [7, 11) is -3.45. The van der Waals surface area contributed by atoms with Crippen LogP contribution < -0.4 is 14.4 Å². The summed E-state index contributed by atoms with van der Waals surface area (Å²) in [6.07, 6.45) is 2.45. The van der Waals surface area contributed by atoms with Gasteiger partial charge in [-0.25, -0.2) is 8.42 Å². The predicted molar refractivity (Wildman–Crippen MR) is 120 cm³/mol. The number of para-hydroxylation sites is 2. The Hall–Kier alpha value is -2.54. The van der Waals surface area contributed by atoms with Crippen molar-refractivity contribution in [3.05, 3.63) is 59.7 Å². The van der Waals surface area contributed by atoms with E-state index in [1.165, 1.54) is 15.4 Å². The van der Waals surface area contributed by atoms with Gasteiger partial charge in [-0.3, -0.25) is 9.10 Å². The van der Waals surface area contributed by atoms with E-state index in [0.717, 1.165) is 19.1 Å². The van der Waals surface area contributed by atoms with Gasteiger partial charge in [-0.2, -0.15) is 0 Å². The third-order valence-corrected chi connectivity index (χ3v) is 6.46. The number of carbonyl (C=O) groups is 1. The molecule has 0 fully saturated rings. The molecule has 3 rings (SSSR count). The summed E-state index contributed by atoms with van der Waals surface area (Å²) >= 11 is 0. The number of fused-ring (bicyclic) bond motifs is 1. The monoisotopic (exact) mass is 430 g/mol. The molecule has 0 saturated heterocycles. The fourth-order valence-electron chi connectivity index (χ4n) is 3.55. The van der Waals surface area contributed by atoms with E-state index >= 15 is 0 Å². The van der Waals surface area contributed by atoms with Gasteiger partial charge in [0.2, 0.25) is 10.0 Å². The zero-order chi connectivity index (χ0) is 21.7. The minimum absolute atomic E-state index is 0.204. The Balaban J connectivity index is 1.55. The summed E-state index contributed by atoms with van der Waals surface area (Å²) in [6.45, 7) is 5.10. The summed E-state index contributed by atoms with van der Waals surface area (Å²) < 4.78 is 31.5. The molecular formula is C23H30N2O4S. The Morgan fingerprint density at radius 3 is 2.53 bits per heavy atom. The van der Waals surface area contributed by atoms with Crippen molar-refractivity contribution >= 4 is 21.6 Å². The van der Waals surface area contributed by atoms with E-state index in [0.29, 0.717) is 30.3 Å². The predicted octanol–water partition coefficient (Wildman–Crippen LogP) is 3.48. The number of benzene rings is 2. The standard InChI is InChI=1S/C23H30N2O4S/c1-17(2)19-12-10-18(11-13-19)7-6-15-24-23(26)22-14-16-25(30(3,27)28)20-8-4-5-9-21(20)29-22/h4-5,8-13,17,22H,6-7,14-16H2,1-3H3,(H,24,26). The first-order valence-corrected chi connectivity index (χ1v) is 12.2. The fraction of sp³-hybridized carbons (Fsp3) is 0.435. The van der Waals surface area contributed by atoms with Gasteiger partial charge in [0.25, 0.3) is 5.91 Å². The highest BCUT2D eigenvalue weighted by Gasteiger charge is 2.30. The summed E-state index contributed by atoms with van der Waals surface area (Å²) in [5.74, 6) is 0.711. The maximum absolute atomic E-state index is 12.6. The van der Waals surface area contributed by atoms with Crippen molar-refractivity contribution in [1.29, 1.82) is 0 Å². The van der Waals surface area contributed by atoms with Crippen LogP contribution >= 0.6 is 0 Å². The Morgan fingerprint density at radius 2 is 1.87 bits per heavy atom.